The van der Waals surface area contributed by atoms with E-state index in [0.717, 1.165) is 30.6 Å². The number of carbonyl (C=O) groups excluding carboxylic acids is 1. The lowest BCUT2D eigenvalue weighted by atomic mass is 10.1. The molecule has 4 nitrogen and oxygen atoms in total. The van der Waals surface area contributed by atoms with E-state index in [1.54, 1.807) is 0 Å². The van der Waals surface area contributed by atoms with E-state index in [1.165, 1.54) is 42.4 Å². The fourth-order valence-corrected chi connectivity index (χ4v) is 3.89. The summed E-state index contributed by atoms with van der Waals surface area (Å²) >= 11 is 0. The topological polar surface area (TPSA) is 48.1 Å². The Morgan fingerprint density at radius 3 is 2.63 bits per heavy atom. The van der Waals surface area contributed by atoms with Crippen LogP contribution >= 0.6 is 0 Å². The lowest BCUT2D eigenvalue weighted by Crippen LogP contribution is -2.18. The Labute approximate surface area is 160 Å². The number of aryl methyl sites for hydroxylation is 1. The quantitative estimate of drug-likeness (QED) is 0.639. The van der Waals surface area contributed by atoms with Crippen LogP contribution in [0, 0.1) is 0 Å². The van der Waals surface area contributed by atoms with Crippen LogP contribution in [0.2, 0.25) is 0 Å². The number of rotatable bonds is 7. The van der Waals surface area contributed by atoms with Gasteiger partial charge < -0.3 is 10.3 Å². The first-order valence-electron chi connectivity index (χ1n) is 9.94. The van der Waals surface area contributed by atoms with Crippen LogP contribution in [0.4, 0.5) is 5.69 Å². The Morgan fingerprint density at radius 1 is 1.04 bits per heavy atom. The van der Waals surface area contributed by atoms with Crippen LogP contribution in [0.1, 0.15) is 36.8 Å². The molecular formula is C23H27N3O. The average Bonchev–Trinajstić information content (AvgIpc) is 3.34. The number of para-hydroxylation sites is 1. The maximum Gasteiger partial charge on any atom is 0.224 e. The predicted molar refractivity (Wildman–Crippen MR) is 111 cm³/mol. The third-order valence-corrected chi connectivity index (χ3v) is 5.37. The molecule has 2 N–H and O–H groups in total. The fraction of sp³-hybridized carbons (Fsp3) is 0.348. The molecule has 1 aliphatic rings. The van der Waals surface area contributed by atoms with Crippen molar-refractivity contribution in [2.75, 3.05) is 18.4 Å². The number of nitrogens with zero attached hydrogens (tertiary/aromatic N) is 1. The summed E-state index contributed by atoms with van der Waals surface area (Å²) in [5.41, 5.74) is 4.64. The molecule has 0 bridgehead atoms. The number of aromatic nitrogens is 1. The van der Waals surface area contributed by atoms with E-state index in [1.807, 2.05) is 18.2 Å². The molecule has 1 aliphatic heterocycles. The van der Waals surface area contributed by atoms with E-state index < -0.39 is 0 Å². The summed E-state index contributed by atoms with van der Waals surface area (Å²) in [6.45, 7) is 3.42. The molecule has 1 fully saturated rings. The Hall–Kier alpha value is -2.59. The van der Waals surface area contributed by atoms with Crippen LogP contribution in [0.25, 0.3) is 10.9 Å². The summed E-state index contributed by atoms with van der Waals surface area (Å²) in [5.74, 6) is 0.0853. The van der Waals surface area contributed by atoms with Crippen molar-refractivity contribution >= 4 is 22.5 Å². The number of hydrogen-bond donors (Lipinski definition) is 2. The molecular weight excluding hydrogens is 334 g/mol. The highest BCUT2D eigenvalue weighted by atomic mass is 16.1. The number of benzene rings is 2. The number of hydrogen-bond acceptors (Lipinski definition) is 2. The zero-order chi connectivity index (χ0) is 18.5. The van der Waals surface area contributed by atoms with Crippen molar-refractivity contribution in [1.29, 1.82) is 0 Å². The monoisotopic (exact) mass is 361 g/mol. The van der Waals surface area contributed by atoms with Crippen molar-refractivity contribution in [3.63, 3.8) is 0 Å². The summed E-state index contributed by atoms with van der Waals surface area (Å²) in [6, 6.07) is 16.6. The summed E-state index contributed by atoms with van der Waals surface area (Å²) in [7, 11) is 0. The molecule has 1 saturated heterocycles. The van der Waals surface area contributed by atoms with Crippen molar-refractivity contribution in [3.8, 4) is 0 Å². The van der Waals surface area contributed by atoms with Gasteiger partial charge in [0.2, 0.25) is 5.91 Å². The molecule has 140 valence electrons. The van der Waals surface area contributed by atoms with Gasteiger partial charge in [-0.25, -0.2) is 0 Å². The number of H-pyrrole nitrogens is 1. The van der Waals surface area contributed by atoms with Gasteiger partial charge in [-0.1, -0.05) is 30.3 Å². The molecule has 0 saturated carbocycles. The highest BCUT2D eigenvalue weighted by Crippen LogP contribution is 2.20. The lowest BCUT2D eigenvalue weighted by molar-refractivity contribution is -0.116. The van der Waals surface area contributed by atoms with E-state index in [9.17, 15) is 4.79 Å². The summed E-state index contributed by atoms with van der Waals surface area (Å²) < 4.78 is 0. The third-order valence-electron chi connectivity index (χ3n) is 5.37. The Morgan fingerprint density at radius 2 is 1.81 bits per heavy atom. The first-order chi connectivity index (χ1) is 13.3. The largest absolute Gasteiger partial charge is 0.361 e. The average molecular weight is 361 g/mol. The molecule has 1 amide bonds. The van der Waals surface area contributed by atoms with Gasteiger partial charge in [0.05, 0.1) is 0 Å². The SMILES string of the molecule is O=C(CCCc1c[nH]c2ccccc12)Nc1ccc(CN2CCCC2)cc1. The summed E-state index contributed by atoms with van der Waals surface area (Å²) in [5, 5.41) is 4.28. The summed E-state index contributed by atoms with van der Waals surface area (Å²) in [4.78, 5) is 18.0. The van der Waals surface area contributed by atoms with E-state index >= 15 is 0 Å². The second kappa shape index (κ2) is 8.40. The van der Waals surface area contributed by atoms with Crippen LogP contribution in [-0.4, -0.2) is 28.9 Å². The maximum atomic E-state index is 12.2. The molecule has 0 radical (unpaired) electrons. The van der Waals surface area contributed by atoms with Crippen LogP contribution in [0.5, 0.6) is 0 Å². The lowest BCUT2D eigenvalue weighted by Gasteiger charge is -2.14. The van der Waals surface area contributed by atoms with E-state index in [-0.39, 0.29) is 5.91 Å². The van der Waals surface area contributed by atoms with Gasteiger partial charge in [-0.15, -0.1) is 0 Å². The third kappa shape index (κ3) is 4.58. The minimum absolute atomic E-state index is 0.0853. The van der Waals surface area contributed by atoms with E-state index in [2.05, 4.69) is 51.7 Å². The summed E-state index contributed by atoms with van der Waals surface area (Å²) in [6.07, 6.45) is 6.98. The normalized spacial score (nSPS) is 14.7. The van der Waals surface area contributed by atoms with Crippen LogP contribution in [0.15, 0.2) is 54.7 Å². The van der Waals surface area contributed by atoms with Crippen LogP contribution < -0.4 is 5.32 Å². The first-order valence-corrected chi connectivity index (χ1v) is 9.94. The van der Waals surface area contributed by atoms with Gasteiger partial charge in [0, 0.05) is 35.8 Å². The number of carbonyl (C=O) groups is 1. The predicted octanol–water partition coefficient (Wildman–Crippen LogP) is 4.73. The number of nitrogens with one attached hydrogen (secondary N) is 2. The standard InChI is InChI=1S/C23H27N3O/c27-23(9-5-6-19-16-24-22-8-2-1-7-21(19)22)25-20-12-10-18(11-13-20)17-26-14-3-4-15-26/h1-2,7-8,10-13,16,24H,3-6,9,14-15,17H2,(H,25,27). The second-order valence-corrected chi connectivity index (χ2v) is 7.44. The molecule has 4 heteroatoms. The van der Waals surface area contributed by atoms with Crippen LogP contribution in [-0.2, 0) is 17.8 Å². The van der Waals surface area contributed by atoms with Crippen molar-refractivity contribution < 1.29 is 4.79 Å². The van der Waals surface area contributed by atoms with Crippen LogP contribution in [0.3, 0.4) is 0 Å². The first kappa shape index (κ1) is 17.8. The molecule has 2 aromatic carbocycles. The van der Waals surface area contributed by atoms with Gasteiger partial charge in [-0.05, 0) is 68.1 Å². The minimum Gasteiger partial charge on any atom is -0.361 e. The zero-order valence-corrected chi connectivity index (χ0v) is 15.7. The van der Waals surface area contributed by atoms with E-state index in [0.29, 0.717) is 6.42 Å². The number of amides is 1. The highest BCUT2D eigenvalue weighted by molar-refractivity contribution is 5.90. The molecule has 0 aliphatic carbocycles. The van der Waals surface area contributed by atoms with E-state index in [4.69, 9.17) is 0 Å². The second-order valence-electron chi connectivity index (χ2n) is 7.44. The zero-order valence-electron chi connectivity index (χ0n) is 15.7. The molecule has 27 heavy (non-hydrogen) atoms. The van der Waals surface area contributed by atoms with Crippen molar-refractivity contribution in [2.45, 2.75) is 38.6 Å². The fourth-order valence-electron chi connectivity index (χ4n) is 3.89. The van der Waals surface area contributed by atoms with Crippen molar-refractivity contribution in [3.05, 3.63) is 65.9 Å². The number of aromatic amines is 1. The Bertz CT molecular complexity index is 891. The van der Waals surface area contributed by atoms with Crippen molar-refractivity contribution in [1.82, 2.24) is 9.88 Å². The maximum absolute atomic E-state index is 12.2. The smallest absolute Gasteiger partial charge is 0.224 e. The van der Waals surface area contributed by atoms with Gasteiger partial charge in [-0.3, -0.25) is 9.69 Å². The van der Waals surface area contributed by atoms with Gasteiger partial charge in [0.25, 0.3) is 0 Å². The number of anilines is 1. The molecule has 1 aromatic heterocycles. The number of likely N-dealkylation sites (tertiary alicyclic amines) is 1. The van der Waals surface area contributed by atoms with Gasteiger partial charge in [0.1, 0.15) is 0 Å². The Kier molecular flexibility index (Phi) is 5.54. The molecule has 3 aromatic rings. The Balaban J connectivity index is 1.24. The molecule has 4 rings (SSSR count). The molecule has 0 atom stereocenters. The van der Waals surface area contributed by atoms with Gasteiger partial charge in [-0.2, -0.15) is 0 Å². The van der Waals surface area contributed by atoms with Gasteiger partial charge >= 0.3 is 0 Å². The molecule has 0 unspecified atom stereocenters. The number of fused-ring (bicyclic) bond motifs is 1. The molecule has 2 heterocycles. The van der Waals surface area contributed by atoms with Gasteiger partial charge in [0.15, 0.2) is 0 Å². The highest BCUT2D eigenvalue weighted by Gasteiger charge is 2.11. The minimum atomic E-state index is 0.0853. The molecule has 0 spiro atoms. The van der Waals surface area contributed by atoms with Crippen molar-refractivity contribution in [2.24, 2.45) is 0 Å².